The van der Waals surface area contributed by atoms with Crippen LogP contribution in [0, 0.1) is 17.8 Å². The summed E-state index contributed by atoms with van der Waals surface area (Å²) in [6.07, 6.45) is -1.32. The van der Waals surface area contributed by atoms with Crippen molar-refractivity contribution < 1.29 is 14.3 Å². The van der Waals surface area contributed by atoms with Gasteiger partial charge in [0.2, 0.25) is 27.7 Å². The minimum atomic E-state index is -1.98. The van der Waals surface area contributed by atoms with Gasteiger partial charge in [0.05, 0.1) is 0 Å². The van der Waals surface area contributed by atoms with Crippen molar-refractivity contribution in [2.75, 3.05) is 0 Å². The first-order valence-corrected chi connectivity index (χ1v) is 12.3. The Balaban J connectivity index is 3.13. The van der Waals surface area contributed by atoms with Crippen LogP contribution < -0.4 is 15.4 Å². The van der Waals surface area contributed by atoms with Crippen molar-refractivity contribution in [2.45, 2.75) is 73.9 Å². The van der Waals surface area contributed by atoms with E-state index in [-0.39, 0.29) is 22.9 Å². The van der Waals surface area contributed by atoms with Crippen LogP contribution in [0.4, 0.5) is 0 Å². The van der Waals surface area contributed by atoms with Crippen LogP contribution >= 0.6 is 69.8 Å². The van der Waals surface area contributed by atoms with Crippen LogP contribution in [0.25, 0.3) is 0 Å². The average Bonchev–Trinajstić information content (AvgIpc) is 2.57. The van der Waals surface area contributed by atoms with E-state index >= 15 is 0 Å². The second kappa shape index (κ2) is 11.4. The fourth-order valence-corrected chi connectivity index (χ4v) is 3.43. The molecule has 0 spiro atoms. The molecule has 1 heterocycles. The maximum atomic E-state index is 12.4. The molecule has 0 aliphatic carbocycles. The van der Waals surface area contributed by atoms with Crippen molar-refractivity contribution in [1.82, 2.24) is 20.6 Å². The van der Waals surface area contributed by atoms with Gasteiger partial charge in [-0.25, -0.2) is 4.98 Å². The molecule has 13 heteroatoms. The first-order valence-electron chi connectivity index (χ1n) is 9.46. The van der Waals surface area contributed by atoms with Crippen LogP contribution in [0.15, 0.2) is 11.2 Å². The van der Waals surface area contributed by atoms with Crippen LogP contribution in [-0.4, -0.2) is 42.0 Å². The Hall–Kier alpha value is -0.380. The SMILES string of the molecule is Cc1cc(O[C@@H](NC(=O)C(C)(C)C)C(Cl)(Cl)Cl)nc(S[C@H](NC(=O)C(C)(C)C)C(Cl)Cl)n1. The highest BCUT2D eigenvalue weighted by Gasteiger charge is 2.39. The molecule has 0 saturated heterocycles. The molecule has 0 saturated carbocycles. The van der Waals surface area contributed by atoms with Crippen LogP contribution in [0.1, 0.15) is 47.2 Å². The number of halogens is 5. The third kappa shape index (κ3) is 9.85. The summed E-state index contributed by atoms with van der Waals surface area (Å²) in [5, 5.41) is 4.82. The molecule has 7 nitrogen and oxygen atoms in total. The average molecular weight is 569 g/mol. The number of alkyl halides is 5. The van der Waals surface area contributed by atoms with Crippen LogP contribution in [-0.2, 0) is 9.59 Å². The second-order valence-electron chi connectivity index (χ2n) is 8.99. The quantitative estimate of drug-likeness (QED) is 0.198. The van der Waals surface area contributed by atoms with E-state index in [9.17, 15) is 9.59 Å². The third-order valence-electron chi connectivity index (χ3n) is 3.71. The summed E-state index contributed by atoms with van der Waals surface area (Å²) in [7, 11) is 0. The lowest BCUT2D eigenvalue weighted by Gasteiger charge is -2.29. The van der Waals surface area contributed by atoms with E-state index in [0.717, 1.165) is 11.8 Å². The number of aromatic nitrogens is 2. The van der Waals surface area contributed by atoms with Gasteiger partial charge >= 0.3 is 0 Å². The monoisotopic (exact) mass is 566 g/mol. The summed E-state index contributed by atoms with van der Waals surface area (Å²) in [4.78, 5) is 32.4. The van der Waals surface area contributed by atoms with Crippen molar-refractivity contribution >= 4 is 81.6 Å². The van der Waals surface area contributed by atoms with Gasteiger partial charge < -0.3 is 15.4 Å². The zero-order valence-corrected chi connectivity index (χ0v) is 23.3. The molecule has 2 amide bonds. The molecule has 1 aromatic heterocycles. The molecule has 0 radical (unpaired) electrons. The predicted octanol–water partition coefficient (Wildman–Crippen LogP) is 5.41. The summed E-state index contributed by atoms with van der Waals surface area (Å²) >= 11 is 31.2. The summed E-state index contributed by atoms with van der Waals surface area (Å²) in [5.41, 5.74) is -0.857. The number of ether oxygens (including phenoxy) is 1. The van der Waals surface area contributed by atoms with E-state index in [1.54, 1.807) is 48.5 Å². The first kappa shape index (κ1) is 29.7. The zero-order chi connectivity index (χ0) is 25.1. The molecular weight excluding hydrogens is 542 g/mol. The maximum Gasteiger partial charge on any atom is 0.246 e. The topological polar surface area (TPSA) is 93.2 Å². The second-order valence-corrected chi connectivity index (χ2v) is 13.6. The van der Waals surface area contributed by atoms with E-state index in [1.807, 2.05) is 0 Å². The number of nitrogens with zero attached hydrogens (tertiary/aromatic N) is 2. The number of thioether (sulfide) groups is 1. The number of nitrogens with one attached hydrogen (secondary N) is 2. The van der Waals surface area contributed by atoms with E-state index in [2.05, 4.69) is 20.6 Å². The normalized spacial score (nSPS) is 14.7. The minimum absolute atomic E-state index is 0.0483. The van der Waals surface area contributed by atoms with Crippen molar-refractivity contribution in [2.24, 2.45) is 10.8 Å². The number of rotatable bonds is 7. The van der Waals surface area contributed by atoms with Crippen LogP contribution in [0.2, 0.25) is 0 Å². The Kier molecular flexibility index (Phi) is 10.5. The van der Waals surface area contributed by atoms with Gasteiger partial charge in [-0.05, 0) is 6.92 Å². The largest absolute Gasteiger partial charge is 0.449 e. The molecule has 2 N–H and O–H groups in total. The highest BCUT2D eigenvalue weighted by Crippen LogP contribution is 2.33. The summed E-state index contributed by atoms with van der Waals surface area (Å²) < 4.78 is 3.72. The fraction of sp³-hybridized carbons (Fsp3) is 0.684. The molecular formula is C19H27Cl5N4O3S. The van der Waals surface area contributed by atoms with E-state index in [4.69, 9.17) is 62.7 Å². The molecule has 182 valence electrons. The molecule has 0 fully saturated rings. The molecule has 0 bridgehead atoms. The maximum absolute atomic E-state index is 12.4. The summed E-state index contributed by atoms with van der Waals surface area (Å²) in [6.45, 7) is 12.1. The van der Waals surface area contributed by atoms with Gasteiger partial charge in [-0.3, -0.25) is 9.59 Å². The molecule has 0 aliphatic rings. The lowest BCUT2D eigenvalue weighted by molar-refractivity contribution is -0.131. The van der Waals surface area contributed by atoms with Crippen molar-refractivity contribution in [3.63, 3.8) is 0 Å². The Morgan fingerprint density at radius 2 is 1.47 bits per heavy atom. The molecule has 0 unspecified atom stereocenters. The van der Waals surface area contributed by atoms with Gasteiger partial charge in [0.25, 0.3) is 0 Å². The van der Waals surface area contributed by atoms with E-state index in [0.29, 0.717) is 5.69 Å². The number of aryl methyl sites for hydroxylation is 1. The summed E-state index contributed by atoms with van der Waals surface area (Å²) in [6, 6.07) is 1.51. The molecule has 2 atom stereocenters. The molecule has 32 heavy (non-hydrogen) atoms. The lowest BCUT2D eigenvalue weighted by Crippen LogP contribution is -2.51. The van der Waals surface area contributed by atoms with Gasteiger partial charge in [0.15, 0.2) is 5.16 Å². The Bertz CT molecular complexity index is 823. The van der Waals surface area contributed by atoms with Gasteiger partial charge in [-0.2, -0.15) is 4.98 Å². The van der Waals surface area contributed by atoms with Gasteiger partial charge in [-0.15, -0.1) is 23.2 Å². The Morgan fingerprint density at radius 3 is 1.91 bits per heavy atom. The van der Waals surface area contributed by atoms with Gasteiger partial charge in [-0.1, -0.05) is 88.1 Å². The Morgan fingerprint density at radius 1 is 0.969 bits per heavy atom. The minimum Gasteiger partial charge on any atom is -0.449 e. The Labute approximate surface area is 218 Å². The lowest BCUT2D eigenvalue weighted by atomic mass is 9.96. The van der Waals surface area contributed by atoms with Crippen LogP contribution in [0.3, 0.4) is 0 Å². The zero-order valence-electron chi connectivity index (χ0n) is 18.7. The number of carbonyl (C=O) groups is 2. The molecule has 1 rings (SSSR count). The van der Waals surface area contributed by atoms with Crippen molar-refractivity contribution in [1.29, 1.82) is 0 Å². The standard InChI is InChI=1S/C19H27Cl5N4O3S/c1-9-8-10(31-15(19(22,23)24)28-14(30)18(5,6)7)26-16(25-9)32-12(11(20)21)27-13(29)17(2,3)4/h8,11-12,15H,1-7H3,(H,27,29)(H,28,30)/t12-,15+/m0/s1. The van der Waals surface area contributed by atoms with Gasteiger partial charge in [0.1, 0.15) is 10.2 Å². The molecule has 1 aromatic rings. The van der Waals surface area contributed by atoms with Gasteiger partial charge in [0, 0.05) is 22.6 Å². The number of amides is 2. The number of carbonyl (C=O) groups excluding carboxylic acids is 2. The third-order valence-corrected chi connectivity index (χ3v) is 6.14. The van der Waals surface area contributed by atoms with E-state index < -0.39 is 31.1 Å². The number of hydrogen-bond acceptors (Lipinski definition) is 6. The summed E-state index contributed by atoms with van der Waals surface area (Å²) in [5.74, 6) is -0.579. The number of hydrogen-bond donors (Lipinski definition) is 2. The first-order chi connectivity index (χ1) is 14.3. The van der Waals surface area contributed by atoms with Crippen molar-refractivity contribution in [3.05, 3.63) is 11.8 Å². The fourth-order valence-electron chi connectivity index (χ4n) is 1.86. The predicted molar refractivity (Wildman–Crippen MR) is 132 cm³/mol. The molecule has 0 aromatic carbocycles. The highest BCUT2D eigenvalue weighted by atomic mass is 35.6. The van der Waals surface area contributed by atoms with Crippen LogP contribution in [0.5, 0.6) is 5.88 Å². The van der Waals surface area contributed by atoms with Crippen molar-refractivity contribution in [3.8, 4) is 5.88 Å². The molecule has 0 aliphatic heterocycles. The smallest absolute Gasteiger partial charge is 0.246 e. The highest BCUT2D eigenvalue weighted by molar-refractivity contribution is 7.99. The van der Waals surface area contributed by atoms with E-state index in [1.165, 1.54) is 6.07 Å².